The smallest absolute Gasteiger partial charge is 0.225 e. The van der Waals surface area contributed by atoms with Gasteiger partial charge in [0.1, 0.15) is 16.5 Å². The molecular formula is C22H17Cl2FN4S. The molecule has 0 aliphatic carbocycles. The molecular weight excluding hydrogens is 442 g/mol. The summed E-state index contributed by atoms with van der Waals surface area (Å²) in [6.07, 6.45) is 0. The number of fused-ring (bicyclic) bond motifs is 1. The molecule has 1 aliphatic rings. The molecule has 4 nitrogen and oxygen atoms in total. The fourth-order valence-electron chi connectivity index (χ4n) is 3.80. The van der Waals surface area contributed by atoms with Crippen LogP contribution in [0, 0.1) is 5.82 Å². The molecule has 1 fully saturated rings. The Morgan fingerprint density at radius 3 is 2.20 bits per heavy atom. The van der Waals surface area contributed by atoms with E-state index in [1.54, 1.807) is 11.3 Å². The maximum atomic E-state index is 13.2. The van der Waals surface area contributed by atoms with Gasteiger partial charge in [0.15, 0.2) is 0 Å². The summed E-state index contributed by atoms with van der Waals surface area (Å²) in [4.78, 5) is 14.4. The quantitative estimate of drug-likeness (QED) is 0.345. The summed E-state index contributed by atoms with van der Waals surface area (Å²) >= 11 is 13.9. The van der Waals surface area contributed by atoms with Crippen LogP contribution in [0.5, 0.6) is 0 Å². The summed E-state index contributed by atoms with van der Waals surface area (Å²) in [6, 6.07) is 14.4. The number of nitrogens with zero attached hydrogens (tertiary/aromatic N) is 4. The lowest BCUT2D eigenvalue weighted by molar-refractivity contribution is 0.624. The highest BCUT2D eigenvalue weighted by molar-refractivity contribution is 7.17. The maximum absolute atomic E-state index is 13.2. The zero-order valence-corrected chi connectivity index (χ0v) is 18.2. The largest absolute Gasteiger partial charge is 0.368 e. The van der Waals surface area contributed by atoms with Gasteiger partial charge in [0.2, 0.25) is 5.28 Å². The highest BCUT2D eigenvalue weighted by Crippen LogP contribution is 2.39. The van der Waals surface area contributed by atoms with Crippen LogP contribution in [0.1, 0.15) is 0 Å². The Kier molecular flexibility index (Phi) is 5.23. The Hall–Kier alpha value is -2.41. The van der Waals surface area contributed by atoms with Crippen LogP contribution >= 0.6 is 34.5 Å². The zero-order chi connectivity index (χ0) is 20.7. The van der Waals surface area contributed by atoms with Gasteiger partial charge in [-0.3, -0.25) is 0 Å². The summed E-state index contributed by atoms with van der Waals surface area (Å²) in [5.41, 5.74) is 3.18. The summed E-state index contributed by atoms with van der Waals surface area (Å²) < 4.78 is 13.2. The molecule has 0 amide bonds. The minimum absolute atomic E-state index is 0.220. The average molecular weight is 459 g/mol. The van der Waals surface area contributed by atoms with Gasteiger partial charge in [0.25, 0.3) is 0 Å². The molecule has 2 aromatic carbocycles. The molecule has 152 valence electrons. The molecule has 2 aromatic heterocycles. The lowest BCUT2D eigenvalue weighted by Gasteiger charge is -2.37. The van der Waals surface area contributed by atoms with Crippen molar-refractivity contribution < 1.29 is 4.39 Å². The minimum Gasteiger partial charge on any atom is -0.368 e. The van der Waals surface area contributed by atoms with Gasteiger partial charge in [-0.2, -0.15) is 4.98 Å². The SMILES string of the molecule is Fc1ccc(N2CCN(c3nc(Cl)nc4scc(-c5ccc(Cl)cc5)c34)CC2)cc1. The van der Waals surface area contributed by atoms with Crippen molar-refractivity contribution >= 4 is 56.3 Å². The van der Waals surface area contributed by atoms with Crippen molar-refractivity contribution in [3.63, 3.8) is 0 Å². The van der Waals surface area contributed by atoms with Crippen LogP contribution in [-0.4, -0.2) is 36.1 Å². The fourth-order valence-corrected chi connectivity index (χ4v) is 5.08. The lowest BCUT2D eigenvalue weighted by Crippen LogP contribution is -2.47. The number of aromatic nitrogens is 2. The maximum Gasteiger partial charge on any atom is 0.225 e. The fraction of sp³-hybridized carbons (Fsp3) is 0.182. The molecule has 0 saturated carbocycles. The average Bonchev–Trinajstić information content (AvgIpc) is 3.18. The van der Waals surface area contributed by atoms with Gasteiger partial charge in [-0.15, -0.1) is 11.3 Å². The first-order valence-electron chi connectivity index (χ1n) is 9.54. The number of thiophene rings is 1. The Morgan fingerprint density at radius 2 is 1.50 bits per heavy atom. The van der Waals surface area contributed by atoms with Gasteiger partial charge in [-0.25, -0.2) is 9.37 Å². The topological polar surface area (TPSA) is 32.3 Å². The molecule has 0 atom stereocenters. The van der Waals surface area contributed by atoms with Gasteiger partial charge in [-0.1, -0.05) is 23.7 Å². The van der Waals surface area contributed by atoms with E-state index < -0.39 is 0 Å². The predicted octanol–water partition coefficient (Wildman–Crippen LogP) is 6.13. The lowest BCUT2D eigenvalue weighted by atomic mass is 10.1. The number of benzene rings is 2. The summed E-state index contributed by atoms with van der Waals surface area (Å²) in [5, 5.41) is 4.07. The van der Waals surface area contributed by atoms with Crippen molar-refractivity contribution in [1.82, 2.24) is 9.97 Å². The second kappa shape index (κ2) is 8.02. The van der Waals surface area contributed by atoms with Crippen molar-refractivity contribution in [2.24, 2.45) is 0 Å². The second-order valence-corrected chi connectivity index (χ2v) is 8.74. The Labute approximate surface area is 187 Å². The van der Waals surface area contributed by atoms with E-state index in [1.165, 1.54) is 12.1 Å². The van der Waals surface area contributed by atoms with Crippen molar-refractivity contribution in [3.05, 3.63) is 70.0 Å². The summed E-state index contributed by atoms with van der Waals surface area (Å²) in [5.74, 6) is 0.637. The third-order valence-corrected chi connectivity index (χ3v) is 6.61. The van der Waals surface area contributed by atoms with Crippen LogP contribution in [0.2, 0.25) is 10.3 Å². The number of piperazine rings is 1. The number of rotatable bonds is 3. The molecule has 30 heavy (non-hydrogen) atoms. The number of hydrogen-bond acceptors (Lipinski definition) is 5. The number of hydrogen-bond donors (Lipinski definition) is 0. The molecule has 0 radical (unpaired) electrons. The molecule has 5 rings (SSSR count). The van der Waals surface area contributed by atoms with Crippen LogP contribution < -0.4 is 9.80 Å². The van der Waals surface area contributed by atoms with E-state index in [1.807, 2.05) is 36.4 Å². The van der Waals surface area contributed by atoms with Crippen LogP contribution in [0.3, 0.4) is 0 Å². The normalized spacial score (nSPS) is 14.5. The van der Waals surface area contributed by atoms with Gasteiger partial charge in [0.05, 0.1) is 5.39 Å². The standard InChI is InChI=1S/C22H17Cl2FN4S/c23-15-3-1-14(2-4-15)18-13-30-21-19(18)20(26-22(24)27-21)29-11-9-28(10-12-29)17-7-5-16(25)6-8-17/h1-8,13H,9-12H2. The van der Waals surface area contributed by atoms with Crippen molar-refractivity contribution in [2.45, 2.75) is 0 Å². The molecule has 3 heterocycles. The van der Waals surface area contributed by atoms with Gasteiger partial charge < -0.3 is 9.80 Å². The molecule has 0 bridgehead atoms. The van der Waals surface area contributed by atoms with Crippen molar-refractivity contribution in [1.29, 1.82) is 0 Å². The first kappa shape index (κ1) is 19.5. The zero-order valence-electron chi connectivity index (χ0n) is 15.9. The molecule has 0 unspecified atom stereocenters. The molecule has 1 saturated heterocycles. The highest BCUT2D eigenvalue weighted by Gasteiger charge is 2.23. The Morgan fingerprint density at radius 1 is 0.833 bits per heavy atom. The first-order valence-corrected chi connectivity index (χ1v) is 11.2. The third-order valence-electron chi connectivity index (χ3n) is 5.31. The number of halogens is 3. The molecule has 0 spiro atoms. The van der Waals surface area contributed by atoms with Crippen LogP contribution in [0.4, 0.5) is 15.9 Å². The number of anilines is 2. The molecule has 8 heteroatoms. The van der Waals surface area contributed by atoms with E-state index >= 15 is 0 Å². The van der Waals surface area contributed by atoms with Crippen LogP contribution in [-0.2, 0) is 0 Å². The molecule has 0 N–H and O–H groups in total. The monoisotopic (exact) mass is 458 g/mol. The molecule has 4 aromatic rings. The van der Waals surface area contributed by atoms with Crippen molar-refractivity contribution in [2.75, 3.05) is 36.0 Å². The van der Waals surface area contributed by atoms with Crippen LogP contribution in [0.15, 0.2) is 53.9 Å². The van der Waals surface area contributed by atoms with E-state index in [0.29, 0.717) is 5.02 Å². The van der Waals surface area contributed by atoms with Gasteiger partial charge >= 0.3 is 0 Å². The van der Waals surface area contributed by atoms with Crippen molar-refractivity contribution in [3.8, 4) is 11.1 Å². The Balaban J connectivity index is 1.47. The Bertz CT molecular complexity index is 1190. The minimum atomic E-state index is -0.220. The van der Waals surface area contributed by atoms with Crippen LogP contribution in [0.25, 0.3) is 21.3 Å². The van der Waals surface area contributed by atoms with E-state index in [2.05, 4.69) is 25.1 Å². The first-order chi connectivity index (χ1) is 14.6. The second-order valence-electron chi connectivity index (χ2n) is 7.10. The highest BCUT2D eigenvalue weighted by atomic mass is 35.5. The van der Waals surface area contributed by atoms with Gasteiger partial charge in [-0.05, 0) is 53.6 Å². The summed E-state index contributed by atoms with van der Waals surface area (Å²) in [6.45, 7) is 3.20. The summed E-state index contributed by atoms with van der Waals surface area (Å²) in [7, 11) is 0. The predicted molar refractivity (Wildman–Crippen MR) is 124 cm³/mol. The van der Waals surface area contributed by atoms with E-state index in [-0.39, 0.29) is 11.1 Å². The van der Waals surface area contributed by atoms with E-state index in [4.69, 9.17) is 23.2 Å². The molecule has 1 aliphatic heterocycles. The van der Waals surface area contributed by atoms with E-state index in [0.717, 1.165) is 59.0 Å². The third kappa shape index (κ3) is 3.71. The van der Waals surface area contributed by atoms with E-state index in [9.17, 15) is 4.39 Å². The van der Waals surface area contributed by atoms with Gasteiger partial charge in [0, 0.05) is 47.8 Å².